The highest BCUT2D eigenvalue weighted by Gasteiger charge is 2.88. The van der Waals surface area contributed by atoms with E-state index in [0.29, 0.717) is 18.4 Å². The van der Waals surface area contributed by atoms with E-state index in [9.17, 15) is 20.1 Å². The first-order valence-corrected chi connectivity index (χ1v) is 14.7. The van der Waals surface area contributed by atoms with Crippen molar-refractivity contribution in [2.45, 2.75) is 132 Å². The second kappa shape index (κ2) is 8.68. The molecule has 3 bridgehead atoms. The molecule has 3 saturated heterocycles. The Balaban J connectivity index is 1.41. The van der Waals surface area contributed by atoms with Gasteiger partial charge >= 0.3 is 0 Å². The topological polar surface area (TPSA) is 118 Å². The van der Waals surface area contributed by atoms with Crippen LogP contribution in [0.2, 0.25) is 0 Å². The summed E-state index contributed by atoms with van der Waals surface area (Å²) < 4.78 is 26.7. The first-order chi connectivity index (χ1) is 18.0. The fourth-order valence-electron chi connectivity index (χ4n) is 8.83. The predicted octanol–water partition coefficient (Wildman–Crippen LogP) is 3.32. The number of Topliss-reactive ketones (excluding diaryl/α,β-unsaturated/α-hetero) is 1. The molecule has 2 saturated carbocycles. The zero-order valence-corrected chi connectivity index (χ0v) is 23.2. The number of ketones is 1. The molecular weight excluding hydrogens is 488 g/mol. The summed E-state index contributed by atoms with van der Waals surface area (Å²) in [4.78, 5) is 13.5. The van der Waals surface area contributed by atoms with Gasteiger partial charge in [-0.15, -0.1) is 0 Å². The van der Waals surface area contributed by atoms with Gasteiger partial charge in [0.05, 0.1) is 12.2 Å². The van der Waals surface area contributed by atoms with Gasteiger partial charge in [0.2, 0.25) is 0 Å². The number of hydrogen-bond acceptors (Lipinski definition) is 8. The van der Waals surface area contributed by atoms with Crippen LogP contribution in [0.1, 0.15) is 85.5 Å². The molecule has 8 heteroatoms. The summed E-state index contributed by atoms with van der Waals surface area (Å²) in [6.45, 7) is 11.7. The third-order valence-corrected chi connectivity index (χ3v) is 10.8. The van der Waals surface area contributed by atoms with E-state index in [1.807, 2.05) is 6.92 Å². The van der Waals surface area contributed by atoms with Crippen molar-refractivity contribution in [3.63, 3.8) is 0 Å². The molecule has 4 unspecified atom stereocenters. The highest BCUT2D eigenvalue weighted by Crippen LogP contribution is 2.73. The van der Waals surface area contributed by atoms with E-state index in [-0.39, 0.29) is 5.92 Å². The lowest BCUT2D eigenvalue weighted by Gasteiger charge is -2.59. The Labute approximate surface area is 225 Å². The molecule has 212 valence electrons. The van der Waals surface area contributed by atoms with Crippen molar-refractivity contribution < 1.29 is 39.1 Å². The van der Waals surface area contributed by atoms with Crippen LogP contribution in [0.5, 0.6) is 0 Å². The maximum Gasteiger partial charge on any atom is 0.284 e. The van der Waals surface area contributed by atoms with Gasteiger partial charge in [-0.2, -0.15) is 0 Å². The molecule has 5 fully saturated rings. The first-order valence-electron chi connectivity index (χ1n) is 14.7. The van der Waals surface area contributed by atoms with E-state index in [4.69, 9.17) is 18.9 Å². The van der Waals surface area contributed by atoms with Crippen LogP contribution < -0.4 is 0 Å². The largest absolute Gasteiger partial charge is 0.393 e. The van der Waals surface area contributed by atoms with Crippen LogP contribution in [0.3, 0.4) is 0 Å². The molecule has 3 aliphatic carbocycles. The number of fused-ring (bicyclic) bond motifs is 3. The average Bonchev–Trinajstić information content (AvgIpc) is 3.52. The molecule has 11 atom stereocenters. The van der Waals surface area contributed by atoms with E-state index in [2.05, 4.69) is 20.4 Å². The molecule has 0 aromatic rings. The molecule has 6 rings (SSSR count). The van der Waals surface area contributed by atoms with E-state index in [0.717, 1.165) is 24.8 Å². The second-order valence-electron chi connectivity index (χ2n) is 13.0. The quantitative estimate of drug-likeness (QED) is 0.223. The Morgan fingerprint density at radius 2 is 1.79 bits per heavy atom. The lowest BCUT2D eigenvalue weighted by Crippen LogP contribution is -2.72. The summed E-state index contributed by atoms with van der Waals surface area (Å²) in [6, 6.07) is 0. The summed E-state index contributed by atoms with van der Waals surface area (Å²) in [5.41, 5.74) is -4.36. The van der Waals surface area contributed by atoms with Crippen molar-refractivity contribution in [1.29, 1.82) is 0 Å². The second-order valence-corrected chi connectivity index (χ2v) is 13.0. The Morgan fingerprint density at radius 3 is 2.45 bits per heavy atom. The Morgan fingerprint density at radius 1 is 1.11 bits per heavy atom. The van der Waals surface area contributed by atoms with Crippen molar-refractivity contribution in [3.05, 3.63) is 23.8 Å². The molecule has 8 nitrogen and oxygen atoms in total. The van der Waals surface area contributed by atoms with Crippen LogP contribution in [0.15, 0.2) is 23.8 Å². The SMILES string of the molecule is C=C(C)[C@]12C[C@@H](C)[C@@]34OC(CCCCCCCCC)(OC1C3C1O[C@]1(CO)[C@@H](O)[C@]1(O)C(=O)C(C)=C[C@H]14)O2. The Kier molecular flexibility index (Phi) is 6.18. The summed E-state index contributed by atoms with van der Waals surface area (Å²) in [5.74, 6) is -3.38. The molecule has 3 heterocycles. The van der Waals surface area contributed by atoms with Gasteiger partial charge in [-0.3, -0.25) is 4.79 Å². The maximum atomic E-state index is 13.5. The van der Waals surface area contributed by atoms with Crippen LogP contribution >= 0.6 is 0 Å². The molecule has 3 N–H and O–H groups in total. The number of aliphatic hydroxyl groups is 3. The third kappa shape index (κ3) is 3.14. The number of hydrogen-bond donors (Lipinski definition) is 3. The highest BCUT2D eigenvalue weighted by molar-refractivity contribution is 6.05. The van der Waals surface area contributed by atoms with Gasteiger partial charge < -0.3 is 34.3 Å². The van der Waals surface area contributed by atoms with Gasteiger partial charge in [-0.05, 0) is 43.8 Å². The van der Waals surface area contributed by atoms with Gasteiger partial charge in [0.15, 0.2) is 11.4 Å². The molecule has 0 amide bonds. The lowest BCUT2D eigenvalue weighted by atomic mass is 9.54. The van der Waals surface area contributed by atoms with E-state index in [1.165, 1.54) is 25.7 Å². The molecule has 38 heavy (non-hydrogen) atoms. The molecule has 6 aliphatic rings. The van der Waals surface area contributed by atoms with Crippen molar-refractivity contribution in [2.75, 3.05) is 6.61 Å². The zero-order valence-electron chi connectivity index (χ0n) is 23.2. The third-order valence-electron chi connectivity index (χ3n) is 10.8. The molecule has 0 aromatic carbocycles. The van der Waals surface area contributed by atoms with Gasteiger partial charge in [-0.25, -0.2) is 0 Å². The fourth-order valence-corrected chi connectivity index (χ4v) is 8.83. The molecule has 0 radical (unpaired) electrons. The Hall–Kier alpha value is -1.13. The zero-order chi connectivity index (χ0) is 27.3. The van der Waals surface area contributed by atoms with Crippen LogP contribution in [0.4, 0.5) is 0 Å². The van der Waals surface area contributed by atoms with Crippen LogP contribution in [-0.4, -0.2) is 74.4 Å². The van der Waals surface area contributed by atoms with Crippen molar-refractivity contribution in [2.24, 2.45) is 17.8 Å². The van der Waals surface area contributed by atoms with Gasteiger partial charge in [-0.1, -0.05) is 65.0 Å². The number of carbonyl (C=O) groups is 1. The van der Waals surface area contributed by atoms with Crippen LogP contribution in [-0.2, 0) is 23.7 Å². The number of unbranched alkanes of at least 4 members (excludes halogenated alkanes) is 6. The minimum Gasteiger partial charge on any atom is -0.393 e. The monoisotopic (exact) mass is 532 g/mol. The smallest absolute Gasteiger partial charge is 0.284 e. The van der Waals surface area contributed by atoms with E-state index >= 15 is 0 Å². The number of epoxide rings is 1. The van der Waals surface area contributed by atoms with Crippen LogP contribution in [0, 0.1) is 17.8 Å². The molecule has 0 aromatic heterocycles. The molecular formula is C30H44O8. The van der Waals surface area contributed by atoms with E-state index in [1.54, 1.807) is 13.0 Å². The maximum absolute atomic E-state index is 13.5. The minimum absolute atomic E-state index is 0.183. The van der Waals surface area contributed by atoms with Crippen LogP contribution in [0.25, 0.3) is 0 Å². The number of rotatable bonds is 10. The van der Waals surface area contributed by atoms with E-state index < -0.39 is 70.9 Å². The first kappa shape index (κ1) is 27.1. The Bertz CT molecular complexity index is 1060. The van der Waals surface area contributed by atoms with Crippen molar-refractivity contribution >= 4 is 5.78 Å². The molecule has 3 aliphatic heterocycles. The fraction of sp³-hybridized carbons (Fsp3) is 0.833. The lowest BCUT2D eigenvalue weighted by molar-refractivity contribution is -0.430. The summed E-state index contributed by atoms with van der Waals surface area (Å²) in [5, 5.41) is 34.1. The number of carbonyl (C=O) groups excluding carboxylic acids is 1. The highest BCUT2D eigenvalue weighted by atomic mass is 16.9. The minimum atomic E-state index is -2.18. The standard InChI is InChI=1S/C30H44O8/c1-6-7-8-9-10-11-12-13-28-36-23-21-24-27(16-31,35-24)25(33)29(34)20(14-18(4)22(29)32)30(21,38-28)19(5)15-26(23,37-28)17(2)3/h14,19-21,23-25,31,33-34H,2,6-13,15-16H2,1,3-5H3/t19-,20-,21?,23?,24?,25-,26-,27+,28?,29-,30+/m1/s1. The number of aliphatic hydroxyl groups excluding tert-OH is 2. The molecule has 0 spiro atoms. The summed E-state index contributed by atoms with van der Waals surface area (Å²) in [7, 11) is 0. The summed E-state index contributed by atoms with van der Waals surface area (Å²) in [6.07, 6.45) is 7.99. The normalized spacial score (nSPS) is 51.8. The summed E-state index contributed by atoms with van der Waals surface area (Å²) >= 11 is 0. The van der Waals surface area contributed by atoms with Gasteiger partial charge in [0.1, 0.15) is 29.5 Å². The van der Waals surface area contributed by atoms with Crippen molar-refractivity contribution in [3.8, 4) is 0 Å². The predicted molar refractivity (Wildman–Crippen MR) is 138 cm³/mol. The van der Waals surface area contributed by atoms with Gasteiger partial charge in [0.25, 0.3) is 5.97 Å². The van der Waals surface area contributed by atoms with Gasteiger partial charge in [0, 0.05) is 18.3 Å². The number of ether oxygens (including phenoxy) is 4. The average molecular weight is 533 g/mol. The van der Waals surface area contributed by atoms with Crippen molar-refractivity contribution in [1.82, 2.24) is 0 Å².